The van der Waals surface area contributed by atoms with Crippen LogP contribution in [0.5, 0.6) is 0 Å². The molecule has 0 aliphatic carbocycles. The van der Waals surface area contributed by atoms with Crippen molar-refractivity contribution in [2.24, 2.45) is 0 Å². The molecule has 4 nitrogen and oxygen atoms in total. The molecule has 0 aliphatic heterocycles. The highest BCUT2D eigenvalue weighted by atomic mass is 35.5. The van der Waals surface area contributed by atoms with Crippen molar-refractivity contribution in [2.45, 2.75) is 19.2 Å². The molecular formula is C19H15ClF3NO3. The summed E-state index contributed by atoms with van der Waals surface area (Å²) >= 11 is 5.75. The number of carbonyl (C=O) groups is 2. The fraction of sp³-hybridized carbons (Fsp3) is 0.158. The third-order valence-corrected chi connectivity index (χ3v) is 3.68. The summed E-state index contributed by atoms with van der Waals surface area (Å²) in [6.07, 6.45) is -3.15. The van der Waals surface area contributed by atoms with Crippen LogP contribution < -0.4 is 5.32 Å². The molecule has 1 atom stereocenters. The van der Waals surface area contributed by atoms with Gasteiger partial charge in [-0.1, -0.05) is 23.7 Å². The Morgan fingerprint density at radius 3 is 2.22 bits per heavy atom. The molecule has 0 aliphatic rings. The van der Waals surface area contributed by atoms with Gasteiger partial charge in [-0.3, -0.25) is 4.79 Å². The zero-order chi connectivity index (χ0) is 20.0. The van der Waals surface area contributed by atoms with Crippen molar-refractivity contribution in [2.75, 3.05) is 5.32 Å². The Morgan fingerprint density at radius 2 is 1.67 bits per heavy atom. The molecule has 0 heterocycles. The lowest BCUT2D eigenvalue weighted by molar-refractivity contribution is -0.148. The predicted octanol–water partition coefficient (Wildman–Crippen LogP) is 4.94. The van der Waals surface area contributed by atoms with Crippen LogP contribution in [-0.2, 0) is 20.5 Å². The molecule has 142 valence electrons. The summed E-state index contributed by atoms with van der Waals surface area (Å²) in [5, 5.41) is 3.08. The summed E-state index contributed by atoms with van der Waals surface area (Å²) in [6.45, 7) is 1.40. The van der Waals surface area contributed by atoms with Crippen LogP contribution in [0.3, 0.4) is 0 Å². The normalized spacial score (nSPS) is 12.6. The molecule has 8 heteroatoms. The Hall–Kier alpha value is -2.80. The minimum atomic E-state index is -4.42. The van der Waals surface area contributed by atoms with Crippen LogP contribution in [0.15, 0.2) is 54.6 Å². The quantitative estimate of drug-likeness (QED) is 0.574. The van der Waals surface area contributed by atoms with E-state index in [4.69, 9.17) is 16.3 Å². The van der Waals surface area contributed by atoms with Crippen molar-refractivity contribution < 1.29 is 27.5 Å². The van der Waals surface area contributed by atoms with Gasteiger partial charge in [0.15, 0.2) is 6.10 Å². The third-order valence-electron chi connectivity index (χ3n) is 3.42. The molecule has 0 unspecified atom stereocenters. The molecule has 0 radical (unpaired) electrons. The topological polar surface area (TPSA) is 55.4 Å². The van der Waals surface area contributed by atoms with Gasteiger partial charge in [0.05, 0.1) is 5.56 Å². The molecule has 2 rings (SSSR count). The van der Waals surface area contributed by atoms with Crippen LogP contribution in [0.2, 0.25) is 5.02 Å². The van der Waals surface area contributed by atoms with Gasteiger partial charge in [0, 0.05) is 16.8 Å². The molecule has 2 aromatic rings. The standard InChI is InChI=1S/C19H15ClF3NO3/c1-12(18(26)24-16-9-7-15(20)8-10-16)27-17(25)11-4-13-2-5-14(6-3-13)19(21,22)23/h2-12H,1H3,(H,24,26)/b11-4+/t12-/m0/s1. The van der Waals surface area contributed by atoms with Crippen molar-refractivity contribution in [3.63, 3.8) is 0 Å². The van der Waals surface area contributed by atoms with E-state index in [9.17, 15) is 22.8 Å². The second kappa shape index (κ2) is 8.73. The molecule has 1 N–H and O–H groups in total. The van der Waals surface area contributed by atoms with E-state index in [0.29, 0.717) is 16.3 Å². The van der Waals surface area contributed by atoms with Crippen molar-refractivity contribution in [1.82, 2.24) is 0 Å². The lowest BCUT2D eigenvalue weighted by Gasteiger charge is -2.12. The Kier molecular flexibility index (Phi) is 6.63. The summed E-state index contributed by atoms with van der Waals surface area (Å²) in [5.41, 5.74) is 0.0977. The summed E-state index contributed by atoms with van der Waals surface area (Å²) in [5.74, 6) is -1.33. The summed E-state index contributed by atoms with van der Waals surface area (Å²) in [4.78, 5) is 23.8. The van der Waals surface area contributed by atoms with Crippen LogP contribution in [0, 0.1) is 0 Å². The van der Waals surface area contributed by atoms with Crippen molar-refractivity contribution in [3.8, 4) is 0 Å². The monoisotopic (exact) mass is 397 g/mol. The zero-order valence-corrected chi connectivity index (χ0v) is 14.8. The maximum atomic E-state index is 12.5. The minimum absolute atomic E-state index is 0.387. The van der Waals surface area contributed by atoms with Crippen LogP contribution >= 0.6 is 11.6 Å². The number of benzene rings is 2. The molecule has 1 amide bonds. The Balaban J connectivity index is 1.89. The van der Waals surface area contributed by atoms with Crippen molar-refractivity contribution in [1.29, 1.82) is 0 Å². The second-order valence-electron chi connectivity index (χ2n) is 5.53. The highest BCUT2D eigenvalue weighted by Gasteiger charge is 2.29. The number of amides is 1. The van der Waals surface area contributed by atoms with E-state index in [1.165, 1.54) is 25.1 Å². The average Bonchev–Trinajstić information content (AvgIpc) is 2.61. The third kappa shape index (κ3) is 6.45. The largest absolute Gasteiger partial charge is 0.449 e. The first-order valence-corrected chi connectivity index (χ1v) is 8.15. The number of hydrogen-bond acceptors (Lipinski definition) is 3. The van der Waals surface area contributed by atoms with Gasteiger partial charge in [-0.15, -0.1) is 0 Å². The Morgan fingerprint density at radius 1 is 1.07 bits per heavy atom. The van der Waals surface area contributed by atoms with Crippen LogP contribution in [-0.4, -0.2) is 18.0 Å². The number of nitrogens with one attached hydrogen (secondary N) is 1. The van der Waals surface area contributed by atoms with Gasteiger partial charge < -0.3 is 10.1 Å². The lowest BCUT2D eigenvalue weighted by Crippen LogP contribution is -2.29. The molecule has 0 saturated heterocycles. The predicted molar refractivity (Wildman–Crippen MR) is 96.1 cm³/mol. The molecule has 27 heavy (non-hydrogen) atoms. The summed E-state index contributed by atoms with van der Waals surface area (Å²) in [7, 11) is 0. The molecular weight excluding hydrogens is 383 g/mol. The molecule has 0 saturated carbocycles. The minimum Gasteiger partial charge on any atom is -0.449 e. The first kappa shape index (κ1) is 20.5. The molecule has 0 bridgehead atoms. The van der Waals surface area contributed by atoms with Crippen LogP contribution in [0.1, 0.15) is 18.1 Å². The van der Waals surface area contributed by atoms with Gasteiger partial charge in [0.2, 0.25) is 0 Å². The number of ether oxygens (including phenoxy) is 1. The van der Waals surface area contributed by atoms with E-state index in [-0.39, 0.29) is 0 Å². The maximum Gasteiger partial charge on any atom is 0.416 e. The van der Waals surface area contributed by atoms with E-state index in [0.717, 1.165) is 18.2 Å². The van der Waals surface area contributed by atoms with Gasteiger partial charge in [-0.2, -0.15) is 13.2 Å². The van der Waals surface area contributed by atoms with Gasteiger partial charge in [0.25, 0.3) is 5.91 Å². The van der Waals surface area contributed by atoms with Gasteiger partial charge in [-0.05, 0) is 55.0 Å². The lowest BCUT2D eigenvalue weighted by atomic mass is 10.1. The number of carbonyl (C=O) groups excluding carboxylic acids is 2. The summed E-state index contributed by atoms with van der Waals surface area (Å²) < 4.78 is 42.4. The fourth-order valence-corrected chi connectivity index (χ4v) is 2.12. The molecule has 0 fully saturated rings. The molecule has 0 aromatic heterocycles. The second-order valence-corrected chi connectivity index (χ2v) is 5.96. The van der Waals surface area contributed by atoms with E-state index in [1.54, 1.807) is 24.3 Å². The number of hydrogen-bond donors (Lipinski definition) is 1. The number of rotatable bonds is 5. The fourth-order valence-electron chi connectivity index (χ4n) is 1.99. The smallest absolute Gasteiger partial charge is 0.416 e. The molecule has 2 aromatic carbocycles. The van der Waals surface area contributed by atoms with Crippen LogP contribution in [0.25, 0.3) is 6.08 Å². The van der Waals surface area contributed by atoms with E-state index in [1.807, 2.05) is 0 Å². The van der Waals surface area contributed by atoms with Crippen molar-refractivity contribution >= 4 is 35.2 Å². The first-order chi connectivity index (χ1) is 12.6. The number of anilines is 1. The van der Waals surface area contributed by atoms with E-state index >= 15 is 0 Å². The van der Waals surface area contributed by atoms with Crippen molar-refractivity contribution in [3.05, 3.63) is 70.8 Å². The Bertz CT molecular complexity index is 831. The zero-order valence-electron chi connectivity index (χ0n) is 14.1. The van der Waals surface area contributed by atoms with Gasteiger partial charge >= 0.3 is 12.1 Å². The van der Waals surface area contributed by atoms with Gasteiger partial charge in [0.1, 0.15) is 0 Å². The van der Waals surface area contributed by atoms with Crippen LogP contribution in [0.4, 0.5) is 18.9 Å². The molecule has 0 spiro atoms. The number of alkyl halides is 3. The Labute approximate surface area is 158 Å². The highest BCUT2D eigenvalue weighted by Crippen LogP contribution is 2.29. The number of esters is 1. The van der Waals surface area contributed by atoms with Gasteiger partial charge in [-0.25, -0.2) is 4.79 Å². The highest BCUT2D eigenvalue weighted by molar-refractivity contribution is 6.30. The van der Waals surface area contributed by atoms with E-state index < -0.39 is 29.7 Å². The summed E-state index contributed by atoms with van der Waals surface area (Å²) in [6, 6.07) is 10.7. The number of halogens is 4. The average molecular weight is 398 g/mol. The first-order valence-electron chi connectivity index (χ1n) is 7.77. The maximum absolute atomic E-state index is 12.5. The SMILES string of the molecule is C[C@H](OC(=O)/C=C/c1ccc(C(F)(F)F)cc1)C(=O)Nc1ccc(Cl)cc1. The van der Waals surface area contributed by atoms with E-state index in [2.05, 4.69) is 5.32 Å².